The lowest BCUT2D eigenvalue weighted by Crippen LogP contribution is -2.48. The molecule has 6 heteroatoms. The van der Waals surface area contributed by atoms with Gasteiger partial charge >= 0.3 is 0 Å². The standard InChI is InChI=1S/C23H31N3O3/c1-17(2)15-26-11-12-29-21(16-26)14-25-22(27)9-10-24-23(28)20-8-7-18-5-3-4-6-19(18)13-20/h3-8,13,17,21H,9-12,14-16H2,1-2H3,(H,24,28)(H,25,27). The van der Waals surface area contributed by atoms with Crippen LogP contribution in [-0.2, 0) is 9.53 Å². The van der Waals surface area contributed by atoms with E-state index < -0.39 is 0 Å². The summed E-state index contributed by atoms with van der Waals surface area (Å²) >= 11 is 0. The topological polar surface area (TPSA) is 70.7 Å². The molecule has 1 heterocycles. The number of hydrogen-bond acceptors (Lipinski definition) is 4. The number of nitrogens with one attached hydrogen (secondary N) is 2. The maximum atomic E-state index is 12.3. The molecule has 156 valence electrons. The Labute approximate surface area is 172 Å². The average molecular weight is 398 g/mol. The van der Waals surface area contributed by atoms with Crippen molar-refractivity contribution in [3.05, 3.63) is 48.0 Å². The summed E-state index contributed by atoms with van der Waals surface area (Å²) in [4.78, 5) is 26.8. The van der Waals surface area contributed by atoms with Crippen molar-refractivity contribution in [3.63, 3.8) is 0 Å². The molecule has 1 aliphatic rings. The molecule has 29 heavy (non-hydrogen) atoms. The summed E-state index contributed by atoms with van der Waals surface area (Å²) in [5, 5.41) is 7.87. The van der Waals surface area contributed by atoms with Crippen LogP contribution in [0.25, 0.3) is 10.8 Å². The molecule has 2 aromatic carbocycles. The third kappa shape index (κ3) is 6.54. The van der Waals surface area contributed by atoms with E-state index in [4.69, 9.17) is 4.74 Å². The number of carbonyl (C=O) groups is 2. The summed E-state index contributed by atoms with van der Waals surface area (Å²) in [6.07, 6.45) is 0.278. The van der Waals surface area contributed by atoms with Crippen molar-refractivity contribution < 1.29 is 14.3 Å². The third-order valence-electron chi connectivity index (χ3n) is 5.02. The molecule has 1 fully saturated rings. The lowest BCUT2D eigenvalue weighted by molar-refractivity contribution is -0.122. The second-order valence-electron chi connectivity index (χ2n) is 8.02. The van der Waals surface area contributed by atoms with Crippen molar-refractivity contribution in [2.24, 2.45) is 5.92 Å². The van der Waals surface area contributed by atoms with Crippen LogP contribution < -0.4 is 10.6 Å². The van der Waals surface area contributed by atoms with Crippen LogP contribution in [0.15, 0.2) is 42.5 Å². The quantitative estimate of drug-likeness (QED) is 0.718. The molecule has 2 amide bonds. The Morgan fingerprint density at radius 2 is 1.93 bits per heavy atom. The predicted molar refractivity (Wildman–Crippen MR) is 115 cm³/mol. The van der Waals surface area contributed by atoms with Crippen LogP contribution in [0.3, 0.4) is 0 Å². The first-order valence-electron chi connectivity index (χ1n) is 10.4. The van der Waals surface area contributed by atoms with Crippen LogP contribution in [0.5, 0.6) is 0 Å². The molecule has 1 atom stereocenters. The minimum Gasteiger partial charge on any atom is -0.374 e. The minimum absolute atomic E-state index is 0.0265. The smallest absolute Gasteiger partial charge is 0.251 e. The van der Waals surface area contributed by atoms with Crippen molar-refractivity contribution in [1.29, 1.82) is 0 Å². The van der Waals surface area contributed by atoms with E-state index >= 15 is 0 Å². The molecule has 2 N–H and O–H groups in total. The van der Waals surface area contributed by atoms with Gasteiger partial charge in [0.2, 0.25) is 5.91 Å². The van der Waals surface area contributed by atoms with Crippen LogP contribution >= 0.6 is 0 Å². The van der Waals surface area contributed by atoms with Gasteiger partial charge in [-0.2, -0.15) is 0 Å². The molecule has 0 radical (unpaired) electrons. The monoisotopic (exact) mass is 397 g/mol. The van der Waals surface area contributed by atoms with Crippen molar-refractivity contribution in [1.82, 2.24) is 15.5 Å². The van der Waals surface area contributed by atoms with Crippen molar-refractivity contribution >= 4 is 22.6 Å². The van der Waals surface area contributed by atoms with Gasteiger partial charge in [0.15, 0.2) is 0 Å². The van der Waals surface area contributed by atoms with E-state index in [1.807, 2.05) is 36.4 Å². The molecule has 2 aromatic rings. The van der Waals surface area contributed by atoms with Gasteiger partial charge in [-0.15, -0.1) is 0 Å². The Bertz CT molecular complexity index is 837. The van der Waals surface area contributed by atoms with E-state index in [2.05, 4.69) is 29.4 Å². The molecule has 1 unspecified atom stereocenters. The third-order valence-corrected chi connectivity index (χ3v) is 5.02. The molecule has 0 saturated carbocycles. The predicted octanol–water partition coefficient (Wildman–Crippen LogP) is 2.43. The van der Waals surface area contributed by atoms with E-state index in [1.165, 1.54) is 0 Å². The van der Waals surface area contributed by atoms with Gasteiger partial charge in [0.05, 0.1) is 12.7 Å². The molecular weight excluding hydrogens is 366 g/mol. The second-order valence-corrected chi connectivity index (χ2v) is 8.02. The molecule has 0 spiro atoms. The minimum atomic E-state index is -0.163. The van der Waals surface area contributed by atoms with E-state index in [9.17, 15) is 9.59 Å². The molecule has 3 rings (SSSR count). The number of morpholine rings is 1. The van der Waals surface area contributed by atoms with Crippen LogP contribution in [0.1, 0.15) is 30.6 Å². The van der Waals surface area contributed by atoms with E-state index in [-0.39, 0.29) is 24.3 Å². The first-order valence-corrected chi connectivity index (χ1v) is 10.4. The summed E-state index contributed by atoms with van der Waals surface area (Å²) in [6, 6.07) is 13.5. The lowest BCUT2D eigenvalue weighted by Gasteiger charge is -2.33. The highest BCUT2D eigenvalue weighted by molar-refractivity contribution is 5.98. The zero-order valence-corrected chi connectivity index (χ0v) is 17.3. The number of amides is 2. The molecule has 6 nitrogen and oxygen atoms in total. The summed E-state index contributed by atoms with van der Waals surface area (Å²) < 4.78 is 5.75. The first-order chi connectivity index (χ1) is 14.0. The molecule has 0 bridgehead atoms. The zero-order chi connectivity index (χ0) is 20.6. The van der Waals surface area contributed by atoms with Gasteiger partial charge in [0, 0.05) is 44.7 Å². The van der Waals surface area contributed by atoms with Crippen LogP contribution in [0, 0.1) is 5.92 Å². The largest absolute Gasteiger partial charge is 0.374 e. The first kappa shape index (κ1) is 21.3. The van der Waals surface area contributed by atoms with Gasteiger partial charge in [-0.3, -0.25) is 14.5 Å². The van der Waals surface area contributed by atoms with Gasteiger partial charge in [-0.1, -0.05) is 44.2 Å². The highest BCUT2D eigenvalue weighted by atomic mass is 16.5. The number of fused-ring (bicyclic) bond motifs is 1. The number of rotatable bonds is 8. The normalized spacial score (nSPS) is 17.4. The fourth-order valence-electron chi connectivity index (χ4n) is 3.62. The Hall–Kier alpha value is -2.44. The van der Waals surface area contributed by atoms with Crippen molar-refractivity contribution in [2.75, 3.05) is 39.3 Å². The van der Waals surface area contributed by atoms with Gasteiger partial charge in [0.1, 0.15) is 0 Å². The Morgan fingerprint density at radius 1 is 1.14 bits per heavy atom. The summed E-state index contributed by atoms with van der Waals surface area (Å²) in [5.41, 5.74) is 0.602. The number of benzene rings is 2. The van der Waals surface area contributed by atoms with Gasteiger partial charge < -0.3 is 15.4 Å². The number of carbonyl (C=O) groups excluding carboxylic acids is 2. The second kappa shape index (κ2) is 10.4. The SMILES string of the molecule is CC(C)CN1CCOC(CNC(=O)CCNC(=O)c2ccc3ccccc3c2)C1. The maximum absolute atomic E-state index is 12.3. The molecule has 0 aromatic heterocycles. The van der Waals surface area contributed by atoms with Crippen molar-refractivity contribution in [2.45, 2.75) is 26.4 Å². The van der Waals surface area contributed by atoms with E-state index in [0.717, 1.165) is 30.4 Å². The van der Waals surface area contributed by atoms with E-state index in [1.54, 1.807) is 6.07 Å². The highest BCUT2D eigenvalue weighted by Gasteiger charge is 2.21. The van der Waals surface area contributed by atoms with Crippen LogP contribution in [0.4, 0.5) is 0 Å². The molecule has 0 aliphatic carbocycles. The Kier molecular flexibility index (Phi) is 7.61. The Morgan fingerprint density at radius 3 is 2.72 bits per heavy atom. The summed E-state index contributed by atoms with van der Waals surface area (Å²) in [7, 11) is 0. The van der Waals surface area contributed by atoms with E-state index in [0.29, 0.717) is 31.2 Å². The molecule has 1 saturated heterocycles. The van der Waals surface area contributed by atoms with Crippen LogP contribution in [0.2, 0.25) is 0 Å². The Balaban J connectivity index is 1.37. The van der Waals surface area contributed by atoms with Gasteiger partial charge in [0.25, 0.3) is 5.91 Å². The fraction of sp³-hybridized carbons (Fsp3) is 0.478. The zero-order valence-electron chi connectivity index (χ0n) is 17.3. The number of ether oxygens (including phenoxy) is 1. The summed E-state index contributed by atoms with van der Waals surface area (Å²) in [5.74, 6) is 0.381. The number of hydrogen-bond donors (Lipinski definition) is 2. The summed E-state index contributed by atoms with van der Waals surface area (Å²) in [6.45, 7) is 8.77. The van der Waals surface area contributed by atoms with Gasteiger partial charge in [-0.25, -0.2) is 0 Å². The fourth-order valence-corrected chi connectivity index (χ4v) is 3.62. The lowest BCUT2D eigenvalue weighted by atomic mass is 10.1. The maximum Gasteiger partial charge on any atom is 0.251 e. The van der Waals surface area contributed by atoms with Crippen molar-refractivity contribution in [3.8, 4) is 0 Å². The average Bonchev–Trinajstić information content (AvgIpc) is 2.71. The molecule has 1 aliphatic heterocycles. The molecular formula is C23H31N3O3. The van der Waals surface area contributed by atoms with Crippen LogP contribution in [-0.4, -0.2) is 62.1 Å². The number of nitrogens with zero attached hydrogens (tertiary/aromatic N) is 1. The van der Waals surface area contributed by atoms with Gasteiger partial charge in [-0.05, 0) is 28.8 Å². The highest BCUT2D eigenvalue weighted by Crippen LogP contribution is 2.15.